The van der Waals surface area contributed by atoms with E-state index >= 15 is 0 Å². The van der Waals surface area contributed by atoms with Gasteiger partial charge in [0.1, 0.15) is 0 Å². The molecule has 0 saturated carbocycles. The van der Waals surface area contributed by atoms with Gasteiger partial charge in [0.25, 0.3) is 6.43 Å². The van der Waals surface area contributed by atoms with Crippen molar-refractivity contribution >= 4 is 0 Å². The molecule has 13 heavy (non-hydrogen) atoms. The Bertz CT molecular complexity index is 270. The predicted octanol–water partition coefficient (Wildman–Crippen LogP) is 1.73. The molecule has 3 nitrogen and oxygen atoms in total. The fourth-order valence-electron chi connectivity index (χ4n) is 1.13. The van der Waals surface area contributed by atoms with Crippen molar-refractivity contribution in [1.82, 2.24) is 9.55 Å². The number of hydrogen-bond donors (Lipinski definition) is 1. The first-order valence-electron chi connectivity index (χ1n) is 4.09. The molecule has 0 spiro atoms. The zero-order valence-electron chi connectivity index (χ0n) is 7.61. The Hall–Kier alpha value is -0.970. The van der Waals surface area contributed by atoms with Crippen LogP contribution in [0.2, 0.25) is 0 Å². The molecular weight excluding hydrogens is 176 g/mol. The smallest absolute Gasteiger partial charge is 0.258 e. The van der Waals surface area contributed by atoms with E-state index in [1.165, 1.54) is 24.0 Å². The predicted molar refractivity (Wildman–Crippen MR) is 45.5 cm³/mol. The van der Waals surface area contributed by atoms with Crippen molar-refractivity contribution in [2.75, 3.05) is 0 Å². The number of nitrogens with zero attached hydrogens (tertiary/aromatic N) is 2. The van der Waals surface area contributed by atoms with E-state index in [1.807, 2.05) is 0 Å². The van der Waals surface area contributed by atoms with Crippen LogP contribution in [0.15, 0.2) is 12.5 Å². The third-order valence-corrected chi connectivity index (χ3v) is 1.97. The molecule has 0 bridgehead atoms. The molecule has 1 rings (SSSR count). The molecule has 0 aliphatic heterocycles. The number of rotatable bonds is 3. The summed E-state index contributed by atoms with van der Waals surface area (Å²) in [6, 6.07) is -1.15. The largest absolute Gasteiger partial charge is 0.325 e. The van der Waals surface area contributed by atoms with Crippen LogP contribution in [0.25, 0.3) is 0 Å². The molecule has 0 aliphatic carbocycles. The van der Waals surface area contributed by atoms with Crippen LogP contribution in [-0.4, -0.2) is 16.0 Å². The van der Waals surface area contributed by atoms with Crippen LogP contribution in [0, 0.1) is 0 Å². The van der Waals surface area contributed by atoms with Crippen molar-refractivity contribution in [1.29, 1.82) is 0 Å². The van der Waals surface area contributed by atoms with Crippen LogP contribution in [0.4, 0.5) is 8.78 Å². The zero-order valence-corrected chi connectivity index (χ0v) is 7.61. The van der Waals surface area contributed by atoms with Gasteiger partial charge in [-0.2, -0.15) is 0 Å². The number of alkyl halides is 2. The topological polar surface area (TPSA) is 43.8 Å². The van der Waals surface area contributed by atoms with Crippen LogP contribution in [-0.2, 0) is 0 Å². The first-order chi connectivity index (χ1) is 6.04. The summed E-state index contributed by atoms with van der Waals surface area (Å²) >= 11 is 0. The number of imidazole rings is 1. The molecule has 1 aromatic heterocycles. The van der Waals surface area contributed by atoms with E-state index < -0.39 is 12.5 Å². The Balaban J connectivity index is 2.93. The standard InChI is InChI=1S/C8H13F2N3/c1-5(11)7-3-12-4-13(7)6(2)8(9)10/h3-6,8H,11H2,1-2H3/t5-,6?/m0/s1. The quantitative estimate of drug-likeness (QED) is 0.786. The summed E-state index contributed by atoms with van der Waals surface area (Å²) in [5.74, 6) is 0. The van der Waals surface area contributed by atoms with Gasteiger partial charge in [0, 0.05) is 12.2 Å². The van der Waals surface area contributed by atoms with Gasteiger partial charge >= 0.3 is 0 Å². The lowest BCUT2D eigenvalue weighted by atomic mass is 10.2. The Morgan fingerprint density at radius 3 is 2.54 bits per heavy atom. The third-order valence-electron chi connectivity index (χ3n) is 1.97. The lowest BCUT2D eigenvalue weighted by Gasteiger charge is -2.17. The van der Waals surface area contributed by atoms with E-state index in [4.69, 9.17) is 5.73 Å². The molecule has 0 radical (unpaired) electrons. The van der Waals surface area contributed by atoms with Gasteiger partial charge in [-0.3, -0.25) is 0 Å². The van der Waals surface area contributed by atoms with Crippen LogP contribution in [0.1, 0.15) is 31.6 Å². The second kappa shape index (κ2) is 3.83. The maximum absolute atomic E-state index is 12.3. The molecule has 2 N–H and O–H groups in total. The van der Waals surface area contributed by atoms with Crippen molar-refractivity contribution in [3.05, 3.63) is 18.2 Å². The summed E-state index contributed by atoms with van der Waals surface area (Å²) in [5, 5.41) is 0. The number of nitrogens with two attached hydrogens (primary N) is 1. The second-order valence-electron chi connectivity index (χ2n) is 3.09. The van der Waals surface area contributed by atoms with Crippen molar-refractivity contribution in [2.45, 2.75) is 32.4 Å². The van der Waals surface area contributed by atoms with Crippen molar-refractivity contribution in [3.63, 3.8) is 0 Å². The number of halogens is 2. The van der Waals surface area contributed by atoms with Crippen LogP contribution in [0.3, 0.4) is 0 Å². The Kier molecular flexibility index (Phi) is 2.98. The third kappa shape index (κ3) is 2.03. The summed E-state index contributed by atoms with van der Waals surface area (Å²) in [6.07, 6.45) is 0.505. The van der Waals surface area contributed by atoms with Crippen LogP contribution < -0.4 is 5.73 Å². The van der Waals surface area contributed by atoms with E-state index in [1.54, 1.807) is 6.92 Å². The molecule has 0 aromatic carbocycles. The number of hydrogen-bond acceptors (Lipinski definition) is 2. The van der Waals surface area contributed by atoms with Gasteiger partial charge in [-0.25, -0.2) is 13.8 Å². The fourth-order valence-corrected chi connectivity index (χ4v) is 1.13. The zero-order chi connectivity index (χ0) is 10.0. The molecule has 74 valence electrons. The maximum atomic E-state index is 12.3. The van der Waals surface area contributed by atoms with E-state index in [0.717, 1.165) is 0 Å². The van der Waals surface area contributed by atoms with Crippen molar-refractivity contribution in [2.24, 2.45) is 5.73 Å². The highest BCUT2D eigenvalue weighted by Crippen LogP contribution is 2.20. The van der Waals surface area contributed by atoms with E-state index in [9.17, 15) is 8.78 Å². The SMILES string of the molecule is CC(C(F)F)n1cncc1[C@H](C)N. The highest BCUT2D eigenvalue weighted by Gasteiger charge is 2.19. The van der Waals surface area contributed by atoms with E-state index in [0.29, 0.717) is 5.69 Å². The first-order valence-corrected chi connectivity index (χ1v) is 4.09. The molecule has 1 unspecified atom stereocenters. The molecule has 2 atom stereocenters. The van der Waals surface area contributed by atoms with Gasteiger partial charge in [0.2, 0.25) is 0 Å². The summed E-state index contributed by atoms with van der Waals surface area (Å²) in [4.78, 5) is 3.80. The average molecular weight is 189 g/mol. The molecule has 1 aromatic rings. The van der Waals surface area contributed by atoms with Gasteiger partial charge < -0.3 is 10.3 Å². The van der Waals surface area contributed by atoms with E-state index in [2.05, 4.69) is 4.98 Å². The Morgan fingerprint density at radius 2 is 2.08 bits per heavy atom. The monoisotopic (exact) mass is 189 g/mol. The molecule has 0 aliphatic rings. The molecular formula is C8H13F2N3. The molecule has 5 heteroatoms. The van der Waals surface area contributed by atoms with Gasteiger partial charge in [-0.1, -0.05) is 0 Å². The summed E-state index contributed by atoms with van der Waals surface area (Å²) in [5.41, 5.74) is 6.22. The summed E-state index contributed by atoms with van der Waals surface area (Å²) < 4.78 is 26.1. The number of aromatic nitrogens is 2. The van der Waals surface area contributed by atoms with Crippen LogP contribution in [0.5, 0.6) is 0 Å². The van der Waals surface area contributed by atoms with Gasteiger partial charge in [0.15, 0.2) is 0 Å². The minimum Gasteiger partial charge on any atom is -0.325 e. The highest BCUT2D eigenvalue weighted by atomic mass is 19.3. The van der Waals surface area contributed by atoms with Crippen LogP contribution >= 0.6 is 0 Å². The maximum Gasteiger partial charge on any atom is 0.258 e. The normalized spacial score (nSPS) is 16.2. The Morgan fingerprint density at radius 1 is 1.46 bits per heavy atom. The van der Waals surface area contributed by atoms with Crippen molar-refractivity contribution in [3.8, 4) is 0 Å². The van der Waals surface area contributed by atoms with E-state index in [-0.39, 0.29) is 6.04 Å². The molecule has 0 amide bonds. The van der Waals surface area contributed by atoms with Gasteiger partial charge in [-0.05, 0) is 13.8 Å². The molecule has 1 heterocycles. The van der Waals surface area contributed by atoms with Gasteiger partial charge in [-0.15, -0.1) is 0 Å². The lowest BCUT2D eigenvalue weighted by Crippen LogP contribution is -2.19. The minimum atomic E-state index is -2.40. The fraction of sp³-hybridized carbons (Fsp3) is 0.625. The molecule has 0 saturated heterocycles. The lowest BCUT2D eigenvalue weighted by molar-refractivity contribution is 0.0897. The highest BCUT2D eigenvalue weighted by molar-refractivity contribution is 5.04. The first kappa shape index (κ1) is 10.1. The van der Waals surface area contributed by atoms with Crippen molar-refractivity contribution < 1.29 is 8.78 Å². The molecule has 0 fully saturated rings. The summed E-state index contributed by atoms with van der Waals surface area (Å²) in [6.45, 7) is 3.18. The average Bonchev–Trinajstić information content (AvgIpc) is 2.50. The summed E-state index contributed by atoms with van der Waals surface area (Å²) in [7, 11) is 0. The minimum absolute atomic E-state index is 0.274. The Labute approximate surface area is 75.6 Å². The van der Waals surface area contributed by atoms with Gasteiger partial charge in [0.05, 0.1) is 18.1 Å². The second-order valence-corrected chi connectivity index (χ2v) is 3.09.